The number of aromatic hydroxyl groups is 1. The smallest absolute Gasteiger partial charge is 0.258 e. The number of nitrogens with one attached hydrogen (secondary N) is 1. The summed E-state index contributed by atoms with van der Waals surface area (Å²) in [7, 11) is 0. The Morgan fingerprint density at radius 3 is 2.76 bits per heavy atom. The van der Waals surface area contributed by atoms with Crippen molar-refractivity contribution < 1.29 is 14.3 Å². The first kappa shape index (κ1) is 11.9. The third-order valence-corrected chi connectivity index (χ3v) is 3.46. The number of phenolic OH excluding ortho intramolecular Hbond substituents is 1. The van der Waals surface area contributed by atoms with Crippen molar-refractivity contribution in [3.8, 4) is 5.75 Å². The number of carbonyl (C=O) groups excluding carboxylic acids is 1. The summed E-state index contributed by atoms with van der Waals surface area (Å²) in [6.45, 7) is 2.62. The van der Waals surface area contributed by atoms with Crippen molar-refractivity contribution in [3.63, 3.8) is 0 Å². The van der Waals surface area contributed by atoms with Crippen LogP contribution < -0.4 is 5.32 Å². The maximum atomic E-state index is 13.4. The molecule has 1 aromatic rings. The van der Waals surface area contributed by atoms with Gasteiger partial charge < -0.3 is 10.4 Å². The molecular formula is C13H16FNO2. The zero-order valence-electron chi connectivity index (χ0n) is 9.79. The predicted molar refractivity (Wildman–Crippen MR) is 62.4 cm³/mol. The van der Waals surface area contributed by atoms with Crippen LogP contribution in [0, 0.1) is 11.2 Å². The molecule has 4 heteroatoms. The van der Waals surface area contributed by atoms with E-state index in [9.17, 15) is 14.3 Å². The summed E-state index contributed by atoms with van der Waals surface area (Å²) in [5.41, 5.74) is -0.133. The second kappa shape index (κ2) is 4.35. The number of amides is 1. The molecule has 0 heterocycles. The molecule has 2 rings (SSSR count). The van der Waals surface area contributed by atoms with Crippen molar-refractivity contribution in [2.24, 2.45) is 5.41 Å². The number of hydrogen-bond acceptors (Lipinski definition) is 2. The highest BCUT2D eigenvalue weighted by Crippen LogP contribution is 2.39. The molecule has 3 nitrogen and oxygen atoms in total. The molecule has 92 valence electrons. The number of carbonyl (C=O) groups is 1. The maximum absolute atomic E-state index is 13.4. The van der Waals surface area contributed by atoms with E-state index < -0.39 is 11.7 Å². The minimum Gasteiger partial charge on any atom is -0.507 e. The molecule has 1 amide bonds. The normalized spacial score (nSPS) is 17.3. The Kier molecular flexibility index (Phi) is 3.05. The number of benzene rings is 1. The fourth-order valence-corrected chi connectivity index (χ4v) is 2.08. The minimum absolute atomic E-state index is 0.135. The molecule has 17 heavy (non-hydrogen) atoms. The van der Waals surface area contributed by atoms with Crippen LogP contribution in [-0.4, -0.2) is 17.6 Å². The molecule has 0 unspecified atom stereocenters. The van der Waals surface area contributed by atoms with Crippen molar-refractivity contribution in [2.45, 2.75) is 26.2 Å². The fourth-order valence-electron chi connectivity index (χ4n) is 2.08. The molecular weight excluding hydrogens is 221 g/mol. The Morgan fingerprint density at radius 1 is 1.53 bits per heavy atom. The topological polar surface area (TPSA) is 49.3 Å². The lowest BCUT2D eigenvalue weighted by Crippen LogP contribution is -2.40. The molecule has 1 fully saturated rings. The van der Waals surface area contributed by atoms with Crippen molar-refractivity contribution >= 4 is 5.91 Å². The Bertz CT molecular complexity index is 421. The van der Waals surface area contributed by atoms with E-state index in [-0.39, 0.29) is 16.7 Å². The van der Waals surface area contributed by atoms with Crippen molar-refractivity contribution in [1.82, 2.24) is 5.32 Å². The van der Waals surface area contributed by atoms with E-state index in [2.05, 4.69) is 12.2 Å². The van der Waals surface area contributed by atoms with Gasteiger partial charge in [-0.05, 0) is 30.4 Å². The SMILES string of the molecule is CC1(CNC(=O)c2c(O)cccc2F)CCC1. The lowest BCUT2D eigenvalue weighted by atomic mass is 9.70. The highest BCUT2D eigenvalue weighted by atomic mass is 19.1. The van der Waals surface area contributed by atoms with E-state index in [4.69, 9.17) is 0 Å². The van der Waals surface area contributed by atoms with Gasteiger partial charge in [0.25, 0.3) is 5.91 Å². The zero-order valence-corrected chi connectivity index (χ0v) is 9.79. The molecule has 0 radical (unpaired) electrons. The molecule has 0 aliphatic heterocycles. The summed E-state index contributed by atoms with van der Waals surface area (Å²) < 4.78 is 13.4. The van der Waals surface area contributed by atoms with E-state index in [1.54, 1.807) is 0 Å². The van der Waals surface area contributed by atoms with Gasteiger partial charge in [-0.3, -0.25) is 4.79 Å². The quantitative estimate of drug-likeness (QED) is 0.848. The number of phenols is 1. The zero-order chi connectivity index (χ0) is 12.5. The maximum Gasteiger partial charge on any atom is 0.258 e. The van der Waals surface area contributed by atoms with Gasteiger partial charge in [0.2, 0.25) is 0 Å². The summed E-state index contributed by atoms with van der Waals surface area (Å²) in [4.78, 5) is 11.8. The average molecular weight is 237 g/mol. The van der Waals surface area contributed by atoms with Crippen LogP contribution in [0.3, 0.4) is 0 Å². The van der Waals surface area contributed by atoms with E-state index in [1.807, 2.05) is 0 Å². The average Bonchev–Trinajstić information content (AvgIpc) is 2.23. The number of rotatable bonds is 3. The first-order chi connectivity index (χ1) is 8.02. The monoisotopic (exact) mass is 237 g/mol. The molecule has 1 aromatic carbocycles. The first-order valence-corrected chi connectivity index (χ1v) is 5.77. The van der Waals surface area contributed by atoms with Crippen LogP contribution in [0.4, 0.5) is 4.39 Å². The van der Waals surface area contributed by atoms with Crippen LogP contribution in [0.1, 0.15) is 36.5 Å². The van der Waals surface area contributed by atoms with Gasteiger partial charge in [0.15, 0.2) is 0 Å². The molecule has 0 atom stereocenters. The van der Waals surface area contributed by atoms with Crippen molar-refractivity contribution in [1.29, 1.82) is 0 Å². The Labute approximate surface area is 99.7 Å². The Balaban J connectivity index is 2.04. The van der Waals surface area contributed by atoms with E-state index in [0.29, 0.717) is 6.54 Å². The predicted octanol–water partition coefficient (Wildman–Crippen LogP) is 2.45. The summed E-state index contributed by atoms with van der Waals surface area (Å²) >= 11 is 0. The highest BCUT2D eigenvalue weighted by molar-refractivity contribution is 5.97. The van der Waals surface area contributed by atoms with Crippen LogP contribution >= 0.6 is 0 Å². The summed E-state index contributed by atoms with van der Waals surface area (Å²) in [5.74, 6) is -1.56. The summed E-state index contributed by atoms with van der Waals surface area (Å²) in [6, 6.07) is 3.84. The molecule has 1 saturated carbocycles. The van der Waals surface area contributed by atoms with Crippen LogP contribution in [0.25, 0.3) is 0 Å². The molecule has 1 aliphatic carbocycles. The van der Waals surface area contributed by atoms with Gasteiger partial charge in [0.05, 0.1) is 0 Å². The minimum atomic E-state index is -0.693. The van der Waals surface area contributed by atoms with E-state index in [1.165, 1.54) is 24.6 Å². The molecule has 0 aromatic heterocycles. The highest BCUT2D eigenvalue weighted by Gasteiger charge is 2.32. The van der Waals surface area contributed by atoms with Crippen molar-refractivity contribution in [2.75, 3.05) is 6.54 Å². The summed E-state index contributed by atoms with van der Waals surface area (Å²) in [6.07, 6.45) is 3.34. The van der Waals surface area contributed by atoms with Crippen LogP contribution in [0.5, 0.6) is 5.75 Å². The molecule has 1 aliphatic rings. The largest absolute Gasteiger partial charge is 0.507 e. The van der Waals surface area contributed by atoms with Gasteiger partial charge in [-0.2, -0.15) is 0 Å². The van der Waals surface area contributed by atoms with Crippen LogP contribution in [0.15, 0.2) is 18.2 Å². The van der Waals surface area contributed by atoms with Gasteiger partial charge in [-0.15, -0.1) is 0 Å². The van der Waals surface area contributed by atoms with Crippen LogP contribution in [0.2, 0.25) is 0 Å². The second-order valence-corrected chi connectivity index (χ2v) is 4.98. The Morgan fingerprint density at radius 2 is 2.24 bits per heavy atom. The van der Waals surface area contributed by atoms with Gasteiger partial charge in [-0.1, -0.05) is 19.4 Å². The Hall–Kier alpha value is -1.58. The van der Waals surface area contributed by atoms with E-state index in [0.717, 1.165) is 12.8 Å². The fraction of sp³-hybridized carbons (Fsp3) is 0.462. The third kappa shape index (κ3) is 2.40. The lowest BCUT2D eigenvalue weighted by Gasteiger charge is -2.38. The van der Waals surface area contributed by atoms with Gasteiger partial charge in [0.1, 0.15) is 17.1 Å². The molecule has 0 spiro atoms. The van der Waals surface area contributed by atoms with Crippen LogP contribution in [-0.2, 0) is 0 Å². The van der Waals surface area contributed by atoms with Gasteiger partial charge in [-0.25, -0.2) is 4.39 Å². The second-order valence-electron chi connectivity index (χ2n) is 4.98. The molecule has 0 saturated heterocycles. The first-order valence-electron chi connectivity index (χ1n) is 5.77. The number of hydrogen-bond donors (Lipinski definition) is 2. The molecule has 2 N–H and O–H groups in total. The van der Waals surface area contributed by atoms with Gasteiger partial charge >= 0.3 is 0 Å². The van der Waals surface area contributed by atoms with Crippen molar-refractivity contribution in [3.05, 3.63) is 29.6 Å². The summed E-state index contributed by atoms with van der Waals surface area (Å²) in [5, 5.41) is 12.1. The number of halogens is 1. The standard InChI is InChI=1S/C13H16FNO2/c1-13(6-3-7-13)8-15-12(17)11-9(14)4-2-5-10(11)16/h2,4-5,16H,3,6-8H2,1H3,(H,15,17). The van der Waals surface area contributed by atoms with Gasteiger partial charge in [0, 0.05) is 6.54 Å². The third-order valence-electron chi connectivity index (χ3n) is 3.46. The molecule has 0 bridgehead atoms. The lowest BCUT2D eigenvalue weighted by molar-refractivity contribution is 0.0884. The van der Waals surface area contributed by atoms with E-state index >= 15 is 0 Å².